The summed E-state index contributed by atoms with van der Waals surface area (Å²) in [5.74, 6) is -0.567. The van der Waals surface area contributed by atoms with Crippen molar-refractivity contribution in [3.8, 4) is 5.88 Å². The second kappa shape index (κ2) is 5.62. The van der Waals surface area contributed by atoms with Crippen LogP contribution in [0.4, 0.5) is 0 Å². The van der Waals surface area contributed by atoms with Crippen LogP contribution in [0.5, 0.6) is 5.88 Å². The number of nitrogens with zero attached hydrogens (tertiary/aromatic N) is 2. The first-order valence-corrected chi connectivity index (χ1v) is 5.75. The van der Waals surface area contributed by atoms with Crippen molar-refractivity contribution in [3.63, 3.8) is 0 Å². The maximum Gasteiger partial charge on any atom is 0.335 e. The number of aromatic carboxylic acids is 1. The van der Waals surface area contributed by atoms with Crippen molar-refractivity contribution in [1.82, 2.24) is 9.97 Å². The average Bonchev–Trinajstić information content (AvgIpc) is 2.38. The molecule has 0 spiro atoms. The third kappa shape index (κ3) is 2.97. The number of carbonyl (C=O) groups is 1. The first kappa shape index (κ1) is 13.2. The summed E-state index contributed by atoms with van der Waals surface area (Å²) >= 11 is 0. The summed E-state index contributed by atoms with van der Waals surface area (Å²) in [6, 6.07) is 4.64. The van der Waals surface area contributed by atoms with Gasteiger partial charge in [0, 0.05) is 7.11 Å². The van der Waals surface area contributed by atoms with E-state index in [9.17, 15) is 4.79 Å². The molecule has 0 amide bonds. The van der Waals surface area contributed by atoms with Gasteiger partial charge in [-0.15, -0.1) is 0 Å². The fourth-order valence-electron chi connectivity index (χ4n) is 1.72. The Morgan fingerprint density at radius 2 is 2.21 bits per heavy atom. The van der Waals surface area contributed by atoms with E-state index >= 15 is 0 Å². The summed E-state index contributed by atoms with van der Waals surface area (Å²) in [5, 5.41) is 9.61. The maximum atomic E-state index is 10.9. The summed E-state index contributed by atoms with van der Waals surface area (Å²) in [7, 11) is 1.59. The number of methoxy groups -OCH3 is 1. The first-order valence-electron chi connectivity index (χ1n) is 5.75. The van der Waals surface area contributed by atoms with Crippen LogP contribution in [0.3, 0.4) is 0 Å². The van der Waals surface area contributed by atoms with Crippen molar-refractivity contribution < 1.29 is 19.4 Å². The summed E-state index contributed by atoms with van der Waals surface area (Å²) in [4.78, 5) is 19.0. The van der Waals surface area contributed by atoms with Crippen molar-refractivity contribution >= 4 is 16.9 Å². The van der Waals surface area contributed by atoms with Crippen LogP contribution < -0.4 is 4.74 Å². The summed E-state index contributed by atoms with van der Waals surface area (Å²) < 4.78 is 10.6. The fraction of sp³-hybridized carbons (Fsp3) is 0.308. The zero-order chi connectivity index (χ0) is 13.8. The Balaban J connectivity index is 2.37. The third-order valence-corrected chi connectivity index (χ3v) is 2.56. The molecule has 0 saturated heterocycles. The first-order chi connectivity index (χ1) is 9.11. The molecule has 0 aliphatic rings. The van der Waals surface area contributed by atoms with Crippen LogP contribution in [-0.4, -0.2) is 40.9 Å². The maximum absolute atomic E-state index is 10.9. The number of benzene rings is 1. The lowest BCUT2D eigenvalue weighted by molar-refractivity contribution is 0.0697. The minimum absolute atomic E-state index is 0.151. The molecule has 1 heterocycles. The van der Waals surface area contributed by atoms with Crippen LogP contribution in [0.15, 0.2) is 24.5 Å². The Labute approximate surface area is 110 Å². The molecule has 1 aromatic heterocycles. The lowest BCUT2D eigenvalue weighted by Crippen LogP contribution is -2.18. The van der Waals surface area contributed by atoms with E-state index in [1.807, 2.05) is 6.92 Å². The standard InChI is InChI=1S/C13H14N2O4/c1-8(6-18-2)19-12-10-4-3-9(13(16)17)5-11(10)14-7-15-12/h3-5,7-8H,6H2,1-2H3,(H,16,17). The van der Waals surface area contributed by atoms with Crippen LogP contribution >= 0.6 is 0 Å². The van der Waals surface area contributed by atoms with Gasteiger partial charge in [0.1, 0.15) is 12.4 Å². The summed E-state index contributed by atoms with van der Waals surface area (Å²) in [6.07, 6.45) is 1.20. The fourth-order valence-corrected chi connectivity index (χ4v) is 1.72. The van der Waals surface area contributed by atoms with E-state index in [1.165, 1.54) is 18.5 Å². The number of hydrogen-bond donors (Lipinski definition) is 1. The molecule has 0 saturated carbocycles. The van der Waals surface area contributed by atoms with Crippen LogP contribution in [0.2, 0.25) is 0 Å². The molecule has 0 bridgehead atoms. The Kier molecular flexibility index (Phi) is 3.91. The topological polar surface area (TPSA) is 81.5 Å². The molecule has 19 heavy (non-hydrogen) atoms. The quantitative estimate of drug-likeness (QED) is 0.883. The normalized spacial score (nSPS) is 12.3. The lowest BCUT2D eigenvalue weighted by Gasteiger charge is -2.14. The largest absolute Gasteiger partial charge is 0.478 e. The second-order valence-corrected chi connectivity index (χ2v) is 4.10. The molecule has 1 unspecified atom stereocenters. The SMILES string of the molecule is COCC(C)Oc1ncnc2cc(C(=O)O)ccc12. The van der Waals surface area contributed by atoms with Gasteiger partial charge in [0.25, 0.3) is 0 Å². The van der Waals surface area contributed by atoms with Crippen molar-refractivity contribution in [2.24, 2.45) is 0 Å². The predicted octanol–water partition coefficient (Wildman–Crippen LogP) is 1.74. The molecule has 6 nitrogen and oxygen atoms in total. The molecule has 1 atom stereocenters. The Morgan fingerprint density at radius 3 is 2.89 bits per heavy atom. The molecular formula is C13H14N2O4. The van der Waals surface area contributed by atoms with Gasteiger partial charge in [-0.1, -0.05) is 0 Å². The zero-order valence-electron chi connectivity index (χ0n) is 10.7. The summed E-state index contributed by atoms with van der Waals surface area (Å²) in [5.41, 5.74) is 0.719. The van der Waals surface area contributed by atoms with Crippen molar-refractivity contribution in [1.29, 1.82) is 0 Å². The zero-order valence-corrected chi connectivity index (χ0v) is 10.7. The molecule has 2 aromatic rings. The number of carboxylic acids is 1. The smallest absolute Gasteiger partial charge is 0.335 e. The highest BCUT2D eigenvalue weighted by Gasteiger charge is 2.11. The number of ether oxygens (including phenoxy) is 2. The van der Waals surface area contributed by atoms with Crippen LogP contribution in [0.1, 0.15) is 17.3 Å². The monoisotopic (exact) mass is 262 g/mol. The number of rotatable bonds is 5. The van der Waals surface area contributed by atoms with E-state index in [0.29, 0.717) is 23.4 Å². The molecule has 0 aliphatic carbocycles. The van der Waals surface area contributed by atoms with E-state index in [-0.39, 0.29) is 11.7 Å². The molecule has 0 aliphatic heterocycles. The van der Waals surface area contributed by atoms with E-state index in [1.54, 1.807) is 13.2 Å². The van der Waals surface area contributed by atoms with Crippen LogP contribution in [0.25, 0.3) is 10.9 Å². The lowest BCUT2D eigenvalue weighted by atomic mass is 10.1. The van der Waals surface area contributed by atoms with Gasteiger partial charge < -0.3 is 14.6 Å². The molecule has 6 heteroatoms. The number of aromatic nitrogens is 2. The highest BCUT2D eigenvalue weighted by atomic mass is 16.5. The highest BCUT2D eigenvalue weighted by molar-refractivity contribution is 5.94. The molecule has 0 radical (unpaired) electrons. The minimum atomic E-state index is -0.990. The minimum Gasteiger partial charge on any atom is -0.478 e. The van der Waals surface area contributed by atoms with Gasteiger partial charge in [0.2, 0.25) is 5.88 Å². The molecule has 0 fully saturated rings. The van der Waals surface area contributed by atoms with Gasteiger partial charge in [-0.25, -0.2) is 14.8 Å². The number of carboxylic acid groups (broad SMARTS) is 1. The van der Waals surface area contributed by atoms with Crippen LogP contribution in [0, 0.1) is 0 Å². The molecule has 1 N–H and O–H groups in total. The van der Waals surface area contributed by atoms with Crippen molar-refractivity contribution in [3.05, 3.63) is 30.1 Å². The van der Waals surface area contributed by atoms with E-state index in [2.05, 4.69) is 9.97 Å². The Hall–Kier alpha value is -2.21. The van der Waals surface area contributed by atoms with E-state index < -0.39 is 5.97 Å². The van der Waals surface area contributed by atoms with Gasteiger partial charge in [-0.2, -0.15) is 0 Å². The van der Waals surface area contributed by atoms with Gasteiger partial charge >= 0.3 is 5.97 Å². The predicted molar refractivity (Wildman–Crippen MR) is 68.5 cm³/mol. The van der Waals surface area contributed by atoms with Gasteiger partial charge in [-0.05, 0) is 25.1 Å². The van der Waals surface area contributed by atoms with Gasteiger partial charge in [0.15, 0.2) is 0 Å². The highest BCUT2D eigenvalue weighted by Crippen LogP contribution is 2.23. The summed E-state index contributed by atoms with van der Waals surface area (Å²) in [6.45, 7) is 2.31. The number of fused-ring (bicyclic) bond motifs is 1. The molecule has 1 aromatic carbocycles. The number of hydrogen-bond acceptors (Lipinski definition) is 5. The van der Waals surface area contributed by atoms with E-state index in [4.69, 9.17) is 14.6 Å². The second-order valence-electron chi connectivity index (χ2n) is 4.10. The van der Waals surface area contributed by atoms with Crippen molar-refractivity contribution in [2.45, 2.75) is 13.0 Å². The molecule has 2 rings (SSSR count). The average molecular weight is 262 g/mol. The van der Waals surface area contributed by atoms with Crippen molar-refractivity contribution in [2.75, 3.05) is 13.7 Å². The van der Waals surface area contributed by atoms with Gasteiger partial charge in [-0.3, -0.25) is 0 Å². The Morgan fingerprint density at radius 1 is 1.42 bits per heavy atom. The van der Waals surface area contributed by atoms with Crippen LogP contribution in [-0.2, 0) is 4.74 Å². The van der Waals surface area contributed by atoms with E-state index in [0.717, 1.165) is 0 Å². The molecule has 100 valence electrons. The third-order valence-electron chi connectivity index (χ3n) is 2.56. The van der Waals surface area contributed by atoms with Gasteiger partial charge in [0.05, 0.1) is 23.1 Å². The Bertz CT molecular complexity index is 600. The molecular weight excluding hydrogens is 248 g/mol.